The van der Waals surface area contributed by atoms with Gasteiger partial charge in [-0.1, -0.05) is 31.2 Å². The number of benzene rings is 1. The van der Waals surface area contributed by atoms with Crippen LogP contribution in [0, 0.1) is 0 Å². The maximum atomic E-state index is 12.6. The van der Waals surface area contributed by atoms with Crippen molar-refractivity contribution in [1.29, 1.82) is 0 Å². The van der Waals surface area contributed by atoms with Gasteiger partial charge in [-0.3, -0.25) is 4.79 Å². The van der Waals surface area contributed by atoms with Gasteiger partial charge in [-0.25, -0.2) is 10.1 Å². The van der Waals surface area contributed by atoms with Crippen LogP contribution in [0.15, 0.2) is 34.0 Å². The van der Waals surface area contributed by atoms with Crippen molar-refractivity contribution >= 4 is 17.4 Å². The molecule has 0 saturated carbocycles. The molecule has 0 atom stereocenters. The van der Waals surface area contributed by atoms with Gasteiger partial charge in [-0.2, -0.15) is 9.78 Å². The number of hydrogen-bond donors (Lipinski definition) is 2. The van der Waals surface area contributed by atoms with Gasteiger partial charge >= 0.3 is 0 Å². The summed E-state index contributed by atoms with van der Waals surface area (Å²) in [5.74, 6) is 0.307. The lowest BCUT2D eigenvalue weighted by atomic mass is 10.1. The number of anilines is 1. The van der Waals surface area contributed by atoms with Crippen LogP contribution in [0.1, 0.15) is 48.4 Å². The zero-order valence-electron chi connectivity index (χ0n) is 15.9. The van der Waals surface area contributed by atoms with Crippen LogP contribution < -0.4 is 15.9 Å². The number of nitrogens with one attached hydrogen (secondary N) is 1. The number of rotatable bonds is 6. The van der Waals surface area contributed by atoms with Gasteiger partial charge in [0.25, 0.3) is 5.91 Å². The van der Waals surface area contributed by atoms with Crippen LogP contribution in [0.2, 0.25) is 0 Å². The lowest BCUT2D eigenvalue weighted by Gasteiger charge is -2.08. The van der Waals surface area contributed by atoms with Crippen molar-refractivity contribution in [3.05, 3.63) is 41.2 Å². The van der Waals surface area contributed by atoms with E-state index in [-0.39, 0.29) is 23.2 Å². The standard InChI is InChI=1S/C17H20N8O3/c1-9(2)14-13(20-24-25(14)16-15(18)22-28-23-16)17(26)21-19-10(3)11-6-5-7-12(8-11)27-4/h5-9H,1-4H3,(H2,18,22)(H,21,26)/b19-10+. The summed E-state index contributed by atoms with van der Waals surface area (Å²) in [6.45, 7) is 5.55. The Bertz CT molecular complexity index is 1020. The van der Waals surface area contributed by atoms with Gasteiger partial charge in [0, 0.05) is 5.56 Å². The number of nitrogen functional groups attached to an aromatic ring is 1. The fourth-order valence-electron chi connectivity index (χ4n) is 2.56. The Labute approximate surface area is 160 Å². The smallest absolute Gasteiger partial charge is 0.293 e. The van der Waals surface area contributed by atoms with E-state index in [0.717, 1.165) is 5.56 Å². The number of nitrogens with zero attached hydrogens (tertiary/aromatic N) is 6. The van der Waals surface area contributed by atoms with E-state index in [9.17, 15) is 4.79 Å². The Morgan fingerprint density at radius 1 is 1.36 bits per heavy atom. The number of carbonyl (C=O) groups excluding carboxylic acids is 1. The van der Waals surface area contributed by atoms with Gasteiger partial charge in [-0.15, -0.1) is 5.10 Å². The summed E-state index contributed by atoms with van der Waals surface area (Å²) < 4.78 is 11.1. The van der Waals surface area contributed by atoms with E-state index in [1.807, 2.05) is 38.1 Å². The number of methoxy groups -OCH3 is 1. The first-order chi connectivity index (χ1) is 13.4. The molecule has 146 valence electrons. The Morgan fingerprint density at radius 3 is 2.79 bits per heavy atom. The van der Waals surface area contributed by atoms with Gasteiger partial charge < -0.3 is 10.5 Å². The summed E-state index contributed by atoms with van der Waals surface area (Å²) in [7, 11) is 1.58. The van der Waals surface area contributed by atoms with Crippen LogP contribution >= 0.6 is 0 Å². The zero-order chi connectivity index (χ0) is 20.3. The monoisotopic (exact) mass is 384 g/mol. The number of carbonyl (C=O) groups is 1. The molecule has 0 aliphatic rings. The van der Waals surface area contributed by atoms with Crippen LogP contribution in [-0.4, -0.2) is 44.0 Å². The summed E-state index contributed by atoms with van der Waals surface area (Å²) in [5, 5.41) is 19.3. The third-order valence-corrected chi connectivity index (χ3v) is 3.98. The van der Waals surface area contributed by atoms with E-state index in [1.165, 1.54) is 4.68 Å². The molecule has 1 aromatic carbocycles. The molecule has 0 spiro atoms. The predicted octanol–water partition coefficient (Wildman–Crippen LogP) is 1.52. The fraction of sp³-hybridized carbons (Fsp3) is 0.294. The van der Waals surface area contributed by atoms with Gasteiger partial charge in [0.1, 0.15) is 5.75 Å². The normalized spacial score (nSPS) is 11.7. The van der Waals surface area contributed by atoms with E-state index in [1.54, 1.807) is 14.0 Å². The van der Waals surface area contributed by atoms with Gasteiger partial charge in [0.15, 0.2) is 5.69 Å². The molecular formula is C17H20N8O3. The SMILES string of the molecule is COc1cccc(/C(C)=N/NC(=O)c2nnn(-c3nonc3N)c2C(C)C)c1. The Morgan fingerprint density at radius 2 is 2.14 bits per heavy atom. The molecule has 3 rings (SSSR count). The lowest BCUT2D eigenvalue weighted by Crippen LogP contribution is -2.22. The minimum absolute atomic E-state index is 0.0469. The highest BCUT2D eigenvalue weighted by Crippen LogP contribution is 2.22. The van der Waals surface area contributed by atoms with Gasteiger partial charge in [0.2, 0.25) is 11.6 Å². The lowest BCUT2D eigenvalue weighted by molar-refractivity contribution is 0.0948. The highest BCUT2D eigenvalue weighted by Gasteiger charge is 2.25. The first-order valence-electron chi connectivity index (χ1n) is 8.45. The van der Waals surface area contributed by atoms with Crippen LogP contribution in [0.3, 0.4) is 0 Å². The molecule has 0 saturated heterocycles. The van der Waals surface area contributed by atoms with Crippen LogP contribution in [-0.2, 0) is 0 Å². The molecule has 1 amide bonds. The summed E-state index contributed by atoms with van der Waals surface area (Å²) in [5.41, 5.74) is 10.3. The number of hydrogen-bond acceptors (Lipinski definition) is 9. The van der Waals surface area contributed by atoms with Crippen LogP contribution in [0.4, 0.5) is 5.82 Å². The maximum Gasteiger partial charge on any atom is 0.293 e. The van der Waals surface area contributed by atoms with Crippen molar-refractivity contribution in [2.75, 3.05) is 12.8 Å². The topological polar surface area (TPSA) is 146 Å². The maximum absolute atomic E-state index is 12.6. The first-order valence-corrected chi connectivity index (χ1v) is 8.45. The molecule has 0 bridgehead atoms. The molecular weight excluding hydrogens is 364 g/mol. The van der Waals surface area contributed by atoms with Crippen molar-refractivity contribution in [1.82, 2.24) is 30.7 Å². The summed E-state index contributed by atoms with van der Waals surface area (Å²) >= 11 is 0. The van der Waals surface area contributed by atoms with E-state index in [4.69, 9.17) is 10.5 Å². The molecule has 11 heteroatoms. The van der Waals surface area contributed by atoms with Crippen molar-refractivity contribution < 1.29 is 14.2 Å². The van der Waals surface area contributed by atoms with Crippen LogP contribution in [0.5, 0.6) is 5.75 Å². The predicted molar refractivity (Wildman–Crippen MR) is 100 cm³/mol. The van der Waals surface area contributed by atoms with Crippen molar-refractivity contribution in [2.45, 2.75) is 26.7 Å². The van der Waals surface area contributed by atoms with Crippen molar-refractivity contribution in [3.8, 4) is 11.6 Å². The number of amides is 1. The quantitative estimate of drug-likeness (QED) is 0.480. The van der Waals surface area contributed by atoms with Gasteiger partial charge in [-0.05, 0) is 35.3 Å². The summed E-state index contributed by atoms with van der Waals surface area (Å²) in [6, 6.07) is 7.35. The molecule has 3 aromatic rings. The largest absolute Gasteiger partial charge is 0.497 e. The minimum atomic E-state index is -0.507. The highest BCUT2D eigenvalue weighted by molar-refractivity contribution is 6.01. The highest BCUT2D eigenvalue weighted by atomic mass is 16.6. The molecule has 3 N–H and O–H groups in total. The number of ether oxygens (including phenoxy) is 1. The van der Waals surface area contributed by atoms with Crippen molar-refractivity contribution in [3.63, 3.8) is 0 Å². The Kier molecular flexibility index (Phi) is 5.34. The second-order valence-electron chi connectivity index (χ2n) is 6.23. The van der Waals surface area contributed by atoms with E-state index in [0.29, 0.717) is 17.2 Å². The molecule has 28 heavy (non-hydrogen) atoms. The average molecular weight is 384 g/mol. The molecule has 0 fully saturated rings. The Hall–Kier alpha value is -3.76. The Balaban J connectivity index is 1.86. The molecule has 2 aromatic heterocycles. The van der Waals surface area contributed by atoms with Crippen LogP contribution in [0.25, 0.3) is 5.82 Å². The number of nitrogens with two attached hydrogens (primary N) is 1. The average Bonchev–Trinajstić information content (AvgIpc) is 3.31. The number of aromatic nitrogens is 5. The number of hydrazone groups is 1. The molecule has 0 aliphatic heterocycles. The molecule has 2 heterocycles. The summed E-state index contributed by atoms with van der Waals surface area (Å²) in [6.07, 6.45) is 0. The fourth-order valence-corrected chi connectivity index (χ4v) is 2.56. The third-order valence-electron chi connectivity index (χ3n) is 3.98. The van der Waals surface area contributed by atoms with Gasteiger partial charge in [0.05, 0.1) is 18.5 Å². The minimum Gasteiger partial charge on any atom is -0.497 e. The molecule has 0 radical (unpaired) electrons. The molecule has 0 unspecified atom stereocenters. The molecule has 0 aliphatic carbocycles. The second kappa shape index (κ2) is 7.86. The third kappa shape index (κ3) is 3.68. The first kappa shape index (κ1) is 19.0. The van der Waals surface area contributed by atoms with E-state index in [2.05, 4.69) is 35.8 Å². The van der Waals surface area contributed by atoms with E-state index < -0.39 is 5.91 Å². The molecule has 11 nitrogen and oxygen atoms in total. The summed E-state index contributed by atoms with van der Waals surface area (Å²) in [4.78, 5) is 12.6. The van der Waals surface area contributed by atoms with Crippen molar-refractivity contribution in [2.24, 2.45) is 5.10 Å². The second-order valence-corrected chi connectivity index (χ2v) is 6.23. The van der Waals surface area contributed by atoms with E-state index >= 15 is 0 Å². The zero-order valence-corrected chi connectivity index (χ0v) is 15.9.